The molecule has 4 aliphatic carbocycles. The average Bonchev–Trinajstić information content (AvgIpc) is 2.98. The number of carboxylic acid groups (broad SMARTS) is 1. The van der Waals surface area contributed by atoms with Crippen LogP contribution >= 0.6 is 0 Å². The van der Waals surface area contributed by atoms with E-state index in [1.807, 2.05) is 13.8 Å². The molecule has 0 aromatic rings. The lowest BCUT2D eigenvalue weighted by Gasteiger charge is -2.62. The Morgan fingerprint density at radius 3 is 2.32 bits per heavy atom. The lowest BCUT2D eigenvalue weighted by molar-refractivity contribution is -0.231. The molecule has 162 valence electrons. The van der Waals surface area contributed by atoms with Crippen LogP contribution in [0.2, 0.25) is 0 Å². The van der Waals surface area contributed by atoms with Crippen molar-refractivity contribution in [1.29, 1.82) is 0 Å². The van der Waals surface area contributed by atoms with Crippen LogP contribution < -0.4 is 0 Å². The fraction of sp³-hybridized carbons (Fsp3) is 0.958. The number of alkyl halides is 2. The number of halogens is 2. The Labute approximate surface area is 169 Å². The fourth-order valence-corrected chi connectivity index (χ4v) is 8.07. The first-order valence-electron chi connectivity index (χ1n) is 11.8. The Kier molecular flexibility index (Phi) is 6.19. The standard InChI is InChI=1S/C22H34F2O2.C2H6/c1-20-11-4-3-5-15(20)13-22(23,24)19-16-8-6-14(7-9-18(25)26)21(16,2)12-10-17(19)20;1-2/h14-17,19H,3-13H2,1-2H3,(H,25,26);1-2H3/t14?,15?,16?,17?,19?,20-,21+;/m0./s1. The Morgan fingerprint density at radius 1 is 0.964 bits per heavy atom. The van der Waals surface area contributed by atoms with E-state index in [2.05, 4.69) is 13.8 Å². The van der Waals surface area contributed by atoms with E-state index in [4.69, 9.17) is 5.11 Å². The van der Waals surface area contributed by atoms with Crippen LogP contribution in [0, 0.1) is 40.4 Å². The van der Waals surface area contributed by atoms with Crippen LogP contribution in [0.1, 0.15) is 98.3 Å². The summed E-state index contributed by atoms with van der Waals surface area (Å²) in [6.45, 7) is 8.53. The molecule has 0 aromatic carbocycles. The molecule has 4 heteroatoms. The number of rotatable bonds is 3. The first-order valence-corrected chi connectivity index (χ1v) is 11.8. The van der Waals surface area contributed by atoms with Gasteiger partial charge < -0.3 is 5.11 Å². The Morgan fingerprint density at radius 2 is 1.64 bits per heavy atom. The highest BCUT2D eigenvalue weighted by molar-refractivity contribution is 5.66. The highest BCUT2D eigenvalue weighted by Gasteiger charge is 2.67. The van der Waals surface area contributed by atoms with E-state index in [9.17, 15) is 4.79 Å². The number of fused-ring (bicyclic) bond motifs is 5. The van der Waals surface area contributed by atoms with Crippen molar-refractivity contribution in [1.82, 2.24) is 0 Å². The molecule has 7 atom stereocenters. The third-order valence-corrected chi connectivity index (χ3v) is 9.48. The van der Waals surface area contributed by atoms with Gasteiger partial charge in [-0.05, 0) is 79.4 Å². The van der Waals surface area contributed by atoms with E-state index < -0.39 is 17.8 Å². The molecule has 4 aliphatic rings. The molecule has 28 heavy (non-hydrogen) atoms. The molecule has 0 aliphatic heterocycles. The summed E-state index contributed by atoms with van der Waals surface area (Å²) in [7, 11) is 0. The van der Waals surface area contributed by atoms with Crippen molar-refractivity contribution in [2.24, 2.45) is 40.4 Å². The van der Waals surface area contributed by atoms with Crippen LogP contribution in [-0.4, -0.2) is 17.0 Å². The molecule has 1 N–H and O–H groups in total. The summed E-state index contributed by atoms with van der Waals surface area (Å²) in [5.41, 5.74) is 0.0169. The topological polar surface area (TPSA) is 37.3 Å². The molecule has 0 heterocycles. The second kappa shape index (κ2) is 7.87. The minimum atomic E-state index is -2.54. The van der Waals surface area contributed by atoms with Gasteiger partial charge in [0.25, 0.3) is 5.92 Å². The van der Waals surface area contributed by atoms with Crippen molar-refractivity contribution in [2.75, 3.05) is 0 Å². The van der Waals surface area contributed by atoms with E-state index >= 15 is 8.78 Å². The summed E-state index contributed by atoms with van der Waals surface area (Å²) >= 11 is 0. The van der Waals surface area contributed by atoms with Crippen molar-refractivity contribution >= 4 is 5.97 Å². The van der Waals surface area contributed by atoms with Crippen LogP contribution in [-0.2, 0) is 4.79 Å². The minimum Gasteiger partial charge on any atom is -0.481 e. The van der Waals surface area contributed by atoms with Crippen molar-refractivity contribution < 1.29 is 18.7 Å². The predicted octanol–water partition coefficient (Wildman–Crippen LogP) is 7.17. The molecule has 0 radical (unpaired) electrons. The van der Waals surface area contributed by atoms with Gasteiger partial charge in [-0.1, -0.05) is 40.5 Å². The van der Waals surface area contributed by atoms with Gasteiger partial charge in [-0.3, -0.25) is 4.79 Å². The lowest BCUT2D eigenvalue weighted by Crippen LogP contribution is -2.60. The van der Waals surface area contributed by atoms with Crippen LogP contribution in [0.3, 0.4) is 0 Å². The molecule has 0 saturated heterocycles. The normalized spacial score (nSPS) is 46.4. The SMILES string of the molecule is CC.C[C@]12CCCCC1CC(F)(F)C1C2CC[C@]2(C)C(CCC(=O)O)CCC12. The quantitative estimate of drug-likeness (QED) is 0.547. The zero-order valence-corrected chi connectivity index (χ0v) is 18.3. The molecule has 0 amide bonds. The lowest BCUT2D eigenvalue weighted by atomic mass is 9.44. The fourth-order valence-electron chi connectivity index (χ4n) is 8.07. The first kappa shape index (κ1) is 22.0. The Bertz CT molecular complexity index is 577. The van der Waals surface area contributed by atoms with Gasteiger partial charge in [0.2, 0.25) is 0 Å². The van der Waals surface area contributed by atoms with E-state index in [1.165, 1.54) is 6.42 Å². The van der Waals surface area contributed by atoms with Gasteiger partial charge in [-0.25, -0.2) is 8.78 Å². The Hall–Kier alpha value is -0.670. The maximum atomic E-state index is 15.4. The molecule has 2 nitrogen and oxygen atoms in total. The first-order chi connectivity index (χ1) is 13.2. The molecule has 5 unspecified atom stereocenters. The molecule has 0 bridgehead atoms. The number of carbonyl (C=O) groups is 1. The molecule has 4 rings (SSSR count). The number of aliphatic carboxylic acids is 1. The van der Waals surface area contributed by atoms with Gasteiger partial charge >= 0.3 is 5.97 Å². The van der Waals surface area contributed by atoms with Crippen LogP contribution in [0.5, 0.6) is 0 Å². The molecular formula is C24H40F2O2. The monoisotopic (exact) mass is 398 g/mol. The number of carboxylic acids is 1. The zero-order valence-electron chi connectivity index (χ0n) is 18.3. The van der Waals surface area contributed by atoms with Gasteiger partial charge in [-0.15, -0.1) is 0 Å². The molecule has 4 saturated carbocycles. The number of hydrogen-bond acceptors (Lipinski definition) is 1. The van der Waals surface area contributed by atoms with Crippen molar-refractivity contribution in [2.45, 2.75) is 104 Å². The maximum Gasteiger partial charge on any atom is 0.303 e. The van der Waals surface area contributed by atoms with Crippen molar-refractivity contribution in [3.63, 3.8) is 0 Å². The van der Waals surface area contributed by atoms with Crippen LogP contribution in [0.4, 0.5) is 8.78 Å². The minimum absolute atomic E-state index is 0.0785. The van der Waals surface area contributed by atoms with E-state index in [0.29, 0.717) is 12.3 Å². The smallest absolute Gasteiger partial charge is 0.303 e. The largest absolute Gasteiger partial charge is 0.481 e. The molecule has 0 aromatic heterocycles. The van der Waals surface area contributed by atoms with E-state index in [0.717, 1.165) is 44.9 Å². The number of hydrogen-bond donors (Lipinski definition) is 1. The zero-order chi connectivity index (χ0) is 20.7. The van der Waals surface area contributed by atoms with Gasteiger partial charge in [0.15, 0.2) is 0 Å². The molecule has 4 fully saturated rings. The summed E-state index contributed by atoms with van der Waals surface area (Å²) in [5, 5.41) is 9.07. The molecule has 0 spiro atoms. The summed E-state index contributed by atoms with van der Waals surface area (Å²) in [6, 6.07) is 0. The Balaban J connectivity index is 0.00000109. The summed E-state index contributed by atoms with van der Waals surface area (Å²) in [6.07, 6.45) is 9.10. The summed E-state index contributed by atoms with van der Waals surface area (Å²) in [4.78, 5) is 11.0. The average molecular weight is 399 g/mol. The molecular weight excluding hydrogens is 358 g/mol. The van der Waals surface area contributed by atoms with Crippen LogP contribution in [0.25, 0.3) is 0 Å². The van der Waals surface area contributed by atoms with Gasteiger partial charge in [-0.2, -0.15) is 0 Å². The second-order valence-electron chi connectivity index (χ2n) is 10.4. The highest BCUT2D eigenvalue weighted by atomic mass is 19.3. The second-order valence-corrected chi connectivity index (χ2v) is 10.4. The van der Waals surface area contributed by atoms with Gasteiger partial charge in [0.05, 0.1) is 0 Å². The summed E-state index contributed by atoms with van der Waals surface area (Å²) < 4.78 is 30.9. The van der Waals surface area contributed by atoms with Crippen molar-refractivity contribution in [3.05, 3.63) is 0 Å². The van der Waals surface area contributed by atoms with Crippen molar-refractivity contribution in [3.8, 4) is 0 Å². The highest BCUT2D eigenvalue weighted by Crippen LogP contribution is 2.70. The van der Waals surface area contributed by atoms with Gasteiger partial charge in [0, 0.05) is 18.8 Å². The van der Waals surface area contributed by atoms with E-state index in [-0.39, 0.29) is 41.4 Å². The third kappa shape index (κ3) is 3.41. The van der Waals surface area contributed by atoms with Gasteiger partial charge in [0.1, 0.15) is 0 Å². The van der Waals surface area contributed by atoms with Crippen LogP contribution in [0.15, 0.2) is 0 Å². The van der Waals surface area contributed by atoms with E-state index in [1.54, 1.807) is 0 Å². The summed E-state index contributed by atoms with van der Waals surface area (Å²) in [5.74, 6) is -3.04. The maximum absolute atomic E-state index is 15.4. The predicted molar refractivity (Wildman–Crippen MR) is 108 cm³/mol. The third-order valence-electron chi connectivity index (χ3n) is 9.48.